The number of esters is 2. The Morgan fingerprint density at radius 3 is 2.26 bits per heavy atom. The minimum atomic E-state index is -0.411. The zero-order valence-electron chi connectivity index (χ0n) is 16.9. The van der Waals surface area contributed by atoms with Gasteiger partial charge in [0.05, 0.1) is 36.4 Å². The lowest BCUT2D eigenvalue weighted by Gasteiger charge is -2.34. The molecule has 0 bridgehead atoms. The average Bonchev–Trinajstić information content (AvgIpc) is 2.95. The molecule has 150 valence electrons. The molecule has 1 aromatic heterocycles. The number of aromatic amines is 1. The highest BCUT2D eigenvalue weighted by Gasteiger charge is 2.32. The number of aromatic nitrogens is 1. The van der Waals surface area contributed by atoms with E-state index >= 15 is 0 Å². The highest BCUT2D eigenvalue weighted by molar-refractivity contribution is 6.03. The van der Waals surface area contributed by atoms with E-state index in [4.69, 9.17) is 9.47 Å². The number of piperidine rings is 1. The first kappa shape index (κ1) is 21.2. The van der Waals surface area contributed by atoms with Crippen molar-refractivity contribution in [2.75, 3.05) is 26.3 Å². The molecule has 1 aliphatic heterocycles. The van der Waals surface area contributed by atoms with Crippen molar-refractivity contribution in [3.63, 3.8) is 0 Å². The first-order valence-corrected chi connectivity index (χ1v) is 9.62. The van der Waals surface area contributed by atoms with Crippen molar-refractivity contribution >= 4 is 17.7 Å². The number of aryl methyl sites for hydroxylation is 1. The van der Waals surface area contributed by atoms with Crippen LogP contribution in [0.25, 0.3) is 0 Å². The third-order valence-electron chi connectivity index (χ3n) is 5.24. The predicted octanol–water partition coefficient (Wildman–Crippen LogP) is 2.65. The fourth-order valence-electron chi connectivity index (χ4n) is 3.66. The lowest BCUT2D eigenvalue weighted by molar-refractivity contribution is -0.149. The van der Waals surface area contributed by atoms with Gasteiger partial charge in [-0.05, 0) is 66.1 Å². The number of nitrogens with zero attached hydrogens (tertiary/aromatic N) is 1. The van der Waals surface area contributed by atoms with E-state index in [9.17, 15) is 14.4 Å². The maximum atomic E-state index is 13.0. The van der Waals surface area contributed by atoms with Gasteiger partial charge in [0.2, 0.25) is 0 Å². The van der Waals surface area contributed by atoms with Crippen LogP contribution < -0.4 is 0 Å². The van der Waals surface area contributed by atoms with E-state index in [1.54, 1.807) is 27.7 Å². The summed E-state index contributed by atoms with van der Waals surface area (Å²) in [4.78, 5) is 42.2. The summed E-state index contributed by atoms with van der Waals surface area (Å²) in [6, 6.07) is -0.333. The molecule has 27 heavy (non-hydrogen) atoms. The minimum absolute atomic E-state index is 0.0549. The van der Waals surface area contributed by atoms with Gasteiger partial charge in [0, 0.05) is 5.69 Å². The van der Waals surface area contributed by atoms with E-state index < -0.39 is 5.97 Å². The van der Waals surface area contributed by atoms with Crippen LogP contribution in [0, 0.1) is 19.8 Å². The third kappa shape index (κ3) is 4.58. The van der Waals surface area contributed by atoms with Crippen LogP contribution in [0.3, 0.4) is 0 Å². The molecule has 0 unspecified atom stereocenters. The Morgan fingerprint density at radius 1 is 1.11 bits per heavy atom. The Labute approximate surface area is 160 Å². The molecule has 1 N–H and O–H groups in total. The summed E-state index contributed by atoms with van der Waals surface area (Å²) >= 11 is 0. The predicted molar refractivity (Wildman–Crippen MR) is 101 cm³/mol. The fraction of sp³-hybridized carbons (Fsp3) is 0.650. The second-order valence-corrected chi connectivity index (χ2v) is 6.95. The monoisotopic (exact) mass is 378 g/mol. The molecule has 0 amide bonds. The van der Waals surface area contributed by atoms with Crippen LogP contribution in [0.15, 0.2) is 0 Å². The van der Waals surface area contributed by atoms with Gasteiger partial charge in [0.15, 0.2) is 5.78 Å². The van der Waals surface area contributed by atoms with Crippen LogP contribution in [0.4, 0.5) is 0 Å². The van der Waals surface area contributed by atoms with Crippen LogP contribution in [0.1, 0.15) is 65.7 Å². The number of carbonyl (C=O) groups excluding carboxylic acids is 3. The molecule has 0 radical (unpaired) electrons. The molecule has 0 aliphatic carbocycles. The number of ketones is 1. The number of hydrogen-bond donors (Lipinski definition) is 1. The number of H-pyrrole nitrogens is 1. The summed E-state index contributed by atoms with van der Waals surface area (Å²) < 4.78 is 10.2. The van der Waals surface area contributed by atoms with Gasteiger partial charge in [0.25, 0.3) is 0 Å². The molecule has 1 aliphatic rings. The van der Waals surface area contributed by atoms with E-state index in [0.717, 1.165) is 0 Å². The Hall–Kier alpha value is -2.15. The van der Waals surface area contributed by atoms with Gasteiger partial charge in [-0.2, -0.15) is 0 Å². The Balaban J connectivity index is 2.07. The third-order valence-corrected chi connectivity index (χ3v) is 5.24. The Kier molecular flexibility index (Phi) is 7.18. The first-order chi connectivity index (χ1) is 12.8. The fourth-order valence-corrected chi connectivity index (χ4v) is 3.66. The number of likely N-dealkylation sites (tertiary alicyclic amines) is 1. The topological polar surface area (TPSA) is 88.7 Å². The molecule has 1 fully saturated rings. The molecule has 1 atom stereocenters. The number of nitrogens with one attached hydrogen (secondary N) is 1. The molecular weight excluding hydrogens is 348 g/mol. The molecule has 1 saturated heterocycles. The summed E-state index contributed by atoms with van der Waals surface area (Å²) in [7, 11) is 0. The lowest BCUT2D eigenvalue weighted by Crippen LogP contribution is -2.45. The number of ether oxygens (including phenoxy) is 2. The molecule has 2 rings (SSSR count). The second kappa shape index (κ2) is 9.17. The summed E-state index contributed by atoms with van der Waals surface area (Å²) in [6.45, 7) is 11.0. The highest BCUT2D eigenvalue weighted by Crippen LogP contribution is 2.24. The average molecular weight is 378 g/mol. The zero-order chi connectivity index (χ0) is 20.1. The number of carbonyl (C=O) groups is 3. The number of Topliss-reactive ketones (excluding diaryl/α,β-unsaturated/α-hetero) is 1. The van der Waals surface area contributed by atoms with Crippen LogP contribution in [-0.4, -0.2) is 60.0 Å². The van der Waals surface area contributed by atoms with Gasteiger partial charge >= 0.3 is 11.9 Å². The van der Waals surface area contributed by atoms with E-state index in [1.807, 2.05) is 6.92 Å². The molecule has 1 aromatic rings. The first-order valence-electron chi connectivity index (χ1n) is 9.62. The van der Waals surface area contributed by atoms with Gasteiger partial charge in [-0.25, -0.2) is 4.79 Å². The van der Waals surface area contributed by atoms with Crippen LogP contribution >= 0.6 is 0 Å². The van der Waals surface area contributed by atoms with E-state index in [0.29, 0.717) is 55.1 Å². The van der Waals surface area contributed by atoms with Gasteiger partial charge in [-0.15, -0.1) is 0 Å². The minimum Gasteiger partial charge on any atom is -0.466 e. The van der Waals surface area contributed by atoms with E-state index in [1.165, 1.54) is 0 Å². The maximum Gasteiger partial charge on any atom is 0.340 e. The largest absolute Gasteiger partial charge is 0.466 e. The van der Waals surface area contributed by atoms with Crippen molar-refractivity contribution < 1.29 is 23.9 Å². The van der Waals surface area contributed by atoms with Crippen molar-refractivity contribution in [1.29, 1.82) is 0 Å². The van der Waals surface area contributed by atoms with E-state index in [-0.39, 0.29) is 30.3 Å². The normalized spacial score (nSPS) is 16.8. The summed E-state index contributed by atoms with van der Waals surface area (Å²) in [5.74, 6) is -0.703. The zero-order valence-corrected chi connectivity index (χ0v) is 16.9. The molecule has 2 heterocycles. The summed E-state index contributed by atoms with van der Waals surface area (Å²) in [5.41, 5.74) is 2.16. The van der Waals surface area contributed by atoms with Crippen molar-refractivity contribution in [2.45, 2.75) is 53.5 Å². The van der Waals surface area contributed by atoms with Crippen molar-refractivity contribution in [3.05, 3.63) is 22.5 Å². The summed E-state index contributed by atoms with van der Waals surface area (Å²) in [6.07, 6.45) is 1.38. The van der Waals surface area contributed by atoms with Crippen molar-refractivity contribution in [1.82, 2.24) is 9.88 Å². The molecule has 7 heteroatoms. The Morgan fingerprint density at radius 2 is 1.70 bits per heavy atom. The van der Waals surface area contributed by atoms with Gasteiger partial charge < -0.3 is 14.5 Å². The number of rotatable bonds is 7. The molecule has 7 nitrogen and oxygen atoms in total. The van der Waals surface area contributed by atoms with Crippen LogP contribution in [0.2, 0.25) is 0 Å². The van der Waals surface area contributed by atoms with Crippen LogP contribution in [0.5, 0.6) is 0 Å². The van der Waals surface area contributed by atoms with Gasteiger partial charge in [-0.1, -0.05) is 0 Å². The van der Waals surface area contributed by atoms with Gasteiger partial charge in [-0.3, -0.25) is 14.5 Å². The highest BCUT2D eigenvalue weighted by atomic mass is 16.5. The SMILES string of the molecule is CCOC(=O)c1c(C)[nH]c(C(=O)[C@H](C)N2CCC(C(=O)OCC)CC2)c1C. The van der Waals surface area contributed by atoms with E-state index in [2.05, 4.69) is 9.88 Å². The quantitative estimate of drug-likeness (QED) is 0.580. The smallest absolute Gasteiger partial charge is 0.340 e. The standard InChI is InChI=1S/C20H30N2O5/c1-6-26-19(24)15-8-10-22(11-9-15)14(5)18(23)17-12(3)16(13(4)21-17)20(25)27-7-2/h14-15,21H,6-11H2,1-5H3/t14-/m0/s1. The van der Waals surface area contributed by atoms with Crippen molar-refractivity contribution in [2.24, 2.45) is 5.92 Å². The number of hydrogen-bond acceptors (Lipinski definition) is 6. The molecule has 0 saturated carbocycles. The van der Waals surface area contributed by atoms with Gasteiger partial charge in [0.1, 0.15) is 0 Å². The Bertz CT molecular complexity index is 701. The molecule has 0 spiro atoms. The lowest BCUT2D eigenvalue weighted by atomic mass is 9.94. The van der Waals surface area contributed by atoms with Crippen molar-refractivity contribution in [3.8, 4) is 0 Å². The maximum absolute atomic E-state index is 13.0. The molecular formula is C20H30N2O5. The molecule has 0 aromatic carbocycles. The van der Waals surface area contributed by atoms with Crippen LogP contribution in [-0.2, 0) is 14.3 Å². The second-order valence-electron chi connectivity index (χ2n) is 6.95. The summed E-state index contributed by atoms with van der Waals surface area (Å²) in [5, 5.41) is 0.